The minimum Gasteiger partial charge on any atom is -0.472 e. The molecule has 0 radical (unpaired) electrons. The largest absolute Gasteiger partial charge is 0.472 e. The predicted molar refractivity (Wildman–Crippen MR) is 97.8 cm³/mol. The Balaban J connectivity index is 1.44. The molecular formula is C19H23N5O3. The van der Waals surface area contributed by atoms with Gasteiger partial charge in [-0.05, 0) is 44.2 Å². The summed E-state index contributed by atoms with van der Waals surface area (Å²) in [5.74, 6) is -0.212. The Kier molecular flexibility index (Phi) is 4.70. The van der Waals surface area contributed by atoms with Gasteiger partial charge in [0, 0.05) is 29.9 Å². The number of aromatic nitrogens is 2. The molecule has 1 atom stereocenters. The van der Waals surface area contributed by atoms with Crippen LogP contribution in [-0.2, 0) is 24.1 Å². The van der Waals surface area contributed by atoms with Crippen LogP contribution >= 0.6 is 0 Å². The first-order valence-corrected chi connectivity index (χ1v) is 9.27. The molecule has 0 bridgehead atoms. The second-order valence-electron chi connectivity index (χ2n) is 6.97. The minimum atomic E-state index is -0.532. The van der Waals surface area contributed by atoms with Crippen molar-refractivity contribution in [3.8, 4) is 0 Å². The van der Waals surface area contributed by atoms with Crippen LogP contribution in [0.15, 0.2) is 34.3 Å². The topological polar surface area (TPSA) is 112 Å². The number of aryl methyl sites for hydroxylation is 1. The molecule has 4 N–H and O–H groups in total. The summed E-state index contributed by atoms with van der Waals surface area (Å²) in [5.41, 5.74) is 5.35. The Morgan fingerprint density at radius 3 is 3.04 bits per heavy atom. The predicted octanol–water partition coefficient (Wildman–Crippen LogP) is 1.87. The molecule has 1 aliphatic carbocycles. The maximum absolute atomic E-state index is 12.8. The standard InChI is InChI=1S/C19H23N5O3/c1-11-16(17(22-19(26)21-11)12-7-9-27-10-12)18(25)20-8-6-15-13-4-2-3-5-14(13)23-24-15/h7,9-10,17H,2-6,8H2,1H3,(H,20,25)(H,23,24)(H2,21,22,26)/t17-/m1/s1. The number of fused-ring (bicyclic) bond motifs is 1. The van der Waals surface area contributed by atoms with Crippen molar-refractivity contribution >= 4 is 11.9 Å². The summed E-state index contributed by atoms with van der Waals surface area (Å²) < 4.78 is 5.11. The number of rotatable bonds is 5. The lowest BCUT2D eigenvalue weighted by Gasteiger charge is -2.27. The summed E-state index contributed by atoms with van der Waals surface area (Å²) in [6.07, 6.45) is 8.24. The molecule has 4 rings (SSSR count). The third-order valence-electron chi connectivity index (χ3n) is 5.18. The zero-order valence-electron chi connectivity index (χ0n) is 15.2. The van der Waals surface area contributed by atoms with Gasteiger partial charge in [0.1, 0.15) is 0 Å². The summed E-state index contributed by atoms with van der Waals surface area (Å²) >= 11 is 0. The molecule has 3 heterocycles. The second kappa shape index (κ2) is 7.30. The third-order valence-corrected chi connectivity index (χ3v) is 5.18. The van der Waals surface area contributed by atoms with Crippen molar-refractivity contribution in [1.29, 1.82) is 0 Å². The fourth-order valence-electron chi connectivity index (χ4n) is 3.83. The molecular weight excluding hydrogens is 346 g/mol. The first-order chi connectivity index (χ1) is 13.1. The molecule has 27 heavy (non-hydrogen) atoms. The summed E-state index contributed by atoms with van der Waals surface area (Å²) in [6, 6.07) is 0.876. The number of aromatic amines is 1. The van der Waals surface area contributed by atoms with Gasteiger partial charge in [-0.2, -0.15) is 5.10 Å². The zero-order chi connectivity index (χ0) is 18.8. The van der Waals surface area contributed by atoms with Crippen LogP contribution in [0.2, 0.25) is 0 Å². The third kappa shape index (κ3) is 3.47. The molecule has 2 aromatic heterocycles. The number of nitrogens with zero attached hydrogens (tertiary/aromatic N) is 1. The minimum absolute atomic E-state index is 0.212. The van der Waals surface area contributed by atoms with Crippen molar-refractivity contribution in [2.75, 3.05) is 6.54 Å². The molecule has 8 heteroatoms. The maximum Gasteiger partial charge on any atom is 0.319 e. The molecule has 3 amide bonds. The molecule has 0 saturated heterocycles. The van der Waals surface area contributed by atoms with Crippen molar-refractivity contribution in [2.24, 2.45) is 0 Å². The van der Waals surface area contributed by atoms with Gasteiger partial charge in [0.05, 0.1) is 29.8 Å². The van der Waals surface area contributed by atoms with E-state index in [1.54, 1.807) is 13.0 Å². The number of furan rings is 1. The Morgan fingerprint density at radius 2 is 2.22 bits per heavy atom. The normalized spacial score (nSPS) is 19.3. The van der Waals surface area contributed by atoms with E-state index in [1.807, 2.05) is 0 Å². The Morgan fingerprint density at radius 1 is 1.37 bits per heavy atom. The first-order valence-electron chi connectivity index (χ1n) is 9.27. The average molecular weight is 369 g/mol. The summed E-state index contributed by atoms with van der Waals surface area (Å²) in [4.78, 5) is 24.6. The summed E-state index contributed by atoms with van der Waals surface area (Å²) in [5, 5.41) is 16.0. The Hall–Kier alpha value is -3.03. The fourth-order valence-corrected chi connectivity index (χ4v) is 3.83. The number of nitrogens with one attached hydrogen (secondary N) is 4. The number of H-pyrrole nitrogens is 1. The van der Waals surface area contributed by atoms with E-state index in [9.17, 15) is 9.59 Å². The van der Waals surface area contributed by atoms with Gasteiger partial charge in [-0.15, -0.1) is 0 Å². The highest BCUT2D eigenvalue weighted by molar-refractivity contribution is 5.98. The van der Waals surface area contributed by atoms with E-state index in [0.717, 1.165) is 24.1 Å². The molecule has 2 aliphatic rings. The number of amides is 3. The SMILES string of the molecule is CC1=C(C(=O)NCCc2n[nH]c3c2CCCC3)[C@@H](c2ccoc2)NC(=O)N1. The Bertz CT molecular complexity index is 881. The summed E-state index contributed by atoms with van der Waals surface area (Å²) in [6.45, 7) is 2.21. The van der Waals surface area contributed by atoms with Gasteiger partial charge < -0.3 is 20.4 Å². The van der Waals surface area contributed by atoms with E-state index in [0.29, 0.717) is 24.2 Å². The van der Waals surface area contributed by atoms with Crippen LogP contribution in [0.1, 0.15) is 48.3 Å². The van der Waals surface area contributed by atoms with Gasteiger partial charge in [-0.1, -0.05) is 0 Å². The second-order valence-corrected chi connectivity index (χ2v) is 6.97. The van der Waals surface area contributed by atoms with Crippen LogP contribution < -0.4 is 16.0 Å². The van der Waals surface area contributed by atoms with E-state index in [4.69, 9.17) is 4.42 Å². The average Bonchev–Trinajstić information content (AvgIpc) is 3.31. The van der Waals surface area contributed by atoms with E-state index >= 15 is 0 Å². The van der Waals surface area contributed by atoms with E-state index in [2.05, 4.69) is 26.1 Å². The lowest BCUT2D eigenvalue weighted by molar-refractivity contribution is -0.117. The summed E-state index contributed by atoms with van der Waals surface area (Å²) in [7, 11) is 0. The number of hydrogen-bond acceptors (Lipinski definition) is 4. The van der Waals surface area contributed by atoms with Crippen molar-refractivity contribution in [2.45, 2.75) is 45.1 Å². The molecule has 0 unspecified atom stereocenters. The number of hydrogen-bond donors (Lipinski definition) is 4. The highest BCUT2D eigenvalue weighted by Crippen LogP contribution is 2.27. The Labute approximate surface area is 156 Å². The highest BCUT2D eigenvalue weighted by Gasteiger charge is 2.31. The number of carbonyl (C=O) groups is 2. The molecule has 0 saturated carbocycles. The molecule has 0 spiro atoms. The lowest BCUT2D eigenvalue weighted by atomic mass is 9.95. The van der Waals surface area contributed by atoms with Gasteiger partial charge in [0.25, 0.3) is 5.91 Å². The van der Waals surface area contributed by atoms with Crippen molar-refractivity contribution in [3.05, 3.63) is 52.4 Å². The van der Waals surface area contributed by atoms with Crippen LogP contribution in [0.4, 0.5) is 4.79 Å². The van der Waals surface area contributed by atoms with E-state index in [1.165, 1.54) is 36.6 Å². The maximum atomic E-state index is 12.8. The highest BCUT2D eigenvalue weighted by atomic mass is 16.3. The van der Waals surface area contributed by atoms with Gasteiger partial charge >= 0.3 is 6.03 Å². The molecule has 0 aromatic carbocycles. The van der Waals surface area contributed by atoms with Crippen LogP contribution in [0, 0.1) is 0 Å². The number of carbonyl (C=O) groups excluding carboxylic acids is 2. The number of allylic oxidation sites excluding steroid dienone is 1. The first kappa shape index (κ1) is 17.4. The van der Waals surface area contributed by atoms with Crippen LogP contribution in [0.25, 0.3) is 0 Å². The lowest BCUT2D eigenvalue weighted by Crippen LogP contribution is -2.47. The molecule has 142 valence electrons. The zero-order valence-corrected chi connectivity index (χ0v) is 15.2. The van der Waals surface area contributed by atoms with E-state index < -0.39 is 6.04 Å². The van der Waals surface area contributed by atoms with Crippen LogP contribution in [-0.4, -0.2) is 28.7 Å². The molecule has 8 nitrogen and oxygen atoms in total. The quantitative estimate of drug-likeness (QED) is 0.644. The molecule has 1 aliphatic heterocycles. The fraction of sp³-hybridized carbons (Fsp3) is 0.421. The van der Waals surface area contributed by atoms with Crippen molar-refractivity contribution < 1.29 is 14.0 Å². The van der Waals surface area contributed by atoms with Gasteiger partial charge in [-0.25, -0.2) is 4.79 Å². The van der Waals surface area contributed by atoms with Gasteiger partial charge in [-0.3, -0.25) is 9.89 Å². The van der Waals surface area contributed by atoms with Gasteiger partial charge in [0.2, 0.25) is 0 Å². The molecule has 2 aromatic rings. The van der Waals surface area contributed by atoms with Crippen LogP contribution in [0.5, 0.6) is 0 Å². The monoisotopic (exact) mass is 369 g/mol. The smallest absolute Gasteiger partial charge is 0.319 e. The molecule has 0 fully saturated rings. The number of urea groups is 1. The van der Waals surface area contributed by atoms with Crippen molar-refractivity contribution in [3.63, 3.8) is 0 Å². The van der Waals surface area contributed by atoms with E-state index in [-0.39, 0.29) is 11.9 Å². The van der Waals surface area contributed by atoms with Crippen LogP contribution in [0.3, 0.4) is 0 Å². The van der Waals surface area contributed by atoms with Gasteiger partial charge in [0.15, 0.2) is 0 Å². The van der Waals surface area contributed by atoms with Crippen molar-refractivity contribution in [1.82, 2.24) is 26.1 Å².